The molecule has 2 unspecified atom stereocenters. The Morgan fingerprint density at radius 2 is 1.96 bits per heavy atom. The van der Waals surface area contributed by atoms with Crippen molar-refractivity contribution in [3.63, 3.8) is 0 Å². The van der Waals surface area contributed by atoms with Gasteiger partial charge in [-0.05, 0) is 43.4 Å². The maximum Gasteiger partial charge on any atom is 0.226 e. The number of rotatable bonds is 4. The van der Waals surface area contributed by atoms with Crippen molar-refractivity contribution in [3.05, 3.63) is 70.8 Å². The van der Waals surface area contributed by atoms with Gasteiger partial charge in [-0.15, -0.1) is 0 Å². The largest absolute Gasteiger partial charge is 0.388 e. The van der Waals surface area contributed by atoms with Crippen molar-refractivity contribution in [2.75, 3.05) is 6.54 Å². The second kappa shape index (κ2) is 7.18. The molecular weight excluding hydrogens is 298 g/mol. The zero-order chi connectivity index (χ0) is 17.1. The quantitative estimate of drug-likeness (QED) is 0.920. The molecule has 126 valence electrons. The van der Waals surface area contributed by atoms with Gasteiger partial charge >= 0.3 is 0 Å². The molecule has 3 heteroatoms. The second-order valence-corrected chi connectivity index (χ2v) is 6.74. The van der Waals surface area contributed by atoms with E-state index < -0.39 is 6.10 Å². The molecule has 1 amide bonds. The summed E-state index contributed by atoms with van der Waals surface area (Å²) in [4.78, 5) is 14.7. The number of aliphatic hydroxyl groups excluding tert-OH is 1. The maximum atomic E-state index is 12.8. The third-order valence-electron chi connectivity index (χ3n) is 4.92. The Hall–Kier alpha value is -2.13. The molecule has 0 saturated carbocycles. The highest BCUT2D eigenvalue weighted by atomic mass is 16.3. The zero-order valence-electron chi connectivity index (χ0n) is 14.4. The summed E-state index contributed by atoms with van der Waals surface area (Å²) in [5.41, 5.74) is 4.50. The van der Waals surface area contributed by atoms with Crippen molar-refractivity contribution >= 4 is 5.91 Å². The number of nitrogens with zero attached hydrogens (tertiary/aromatic N) is 1. The number of aliphatic hydroxyl groups is 1. The summed E-state index contributed by atoms with van der Waals surface area (Å²) >= 11 is 0. The molecule has 1 N–H and O–H groups in total. The summed E-state index contributed by atoms with van der Waals surface area (Å²) in [5, 5.41) is 10.4. The Bertz CT molecular complexity index is 711. The van der Waals surface area contributed by atoms with Crippen LogP contribution in [0.25, 0.3) is 0 Å². The van der Waals surface area contributed by atoms with E-state index in [1.54, 1.807) is 0 Å². The van der Waals surface area contributed by atoms with E-state index in [2.05, 4.69) is 32.0 Å². The first-order chi connectivity index (χ1) is 11.6. The summed E-state index contributed by atoms with van der Waals surface area (Å²) in [5.74, 6) is 0.0368. The monoisotopic (exact) mass is 323 g/mol. The molecule has 0 spiro atoms. The lowest BCUT2D eigenvalue weighted by Gasteiger charge is -2.27. The molecule has 2 aromatic carbocycles. The third kappa shape index (κ3) is 3.51. The standard InChI is InChI=1S/C21H25NO2/c1-15-10-11-16(2)18(13-15)19-9-6-12-22(19)21(24)14-20(23)17-7-4-3-5-8-17/h3-5,7-8,10-11,13,19-20,23H,6,9,12,14H2,1-2H3. The summed E-state index contributed by atoms with van der Waals surface area (Å²) in [6.07, 6.45) is 1.42. The number of benzene rings is 2. The van der Waals surface area contributed by atoms with Crippen molar-refractivity contribution in [2.45, 2.75) is 45.3 Å². The highest BCUT2D eigenvalue weighted by Gasteiger charge is 2.31. The fourth-order valence-corrected chi connectivity index (χ4v) is 3.58. The van der Waals surface area contributed by atoms with Crippen LogP contribution >= 0.6 is 0 Å². The first kappa shape index (κ1) is 16.7. The predicted octanol–water partition coefficient (Wildman–Crippen LogP) is 4.09. The molecule has 24 heavy (non-hydrogen) atoms. The van der Waals surface area contributed by atoms with Gasteiger partial charge in [-0.3, -0.25) is 4.79 Å². The van der Waals surface area contributed by atoms with Crippen LogP contribution in [0.5, 0.6) is 0 Å². The second-order valence-electron chi connectivity index (χ2n) is 6.74. The summed E-state index contributed by atoms with van der Waals surface area (Å²) in [7, 11) is 0. The van der Waals surface area contributed by atoms with Gasteiger partial charge in [0.05, 0.1) is 18.6 Å². The molecule has 1 heterocycles. The summed E-state index contributed by atoms with van der Waals surface area (Å²) in [6, 6.07) is 16.0. The van der Waals surface area contributed by atoms with Crippen LogP contribution in [0.4, 0.5) is 0 Å². The Labute approximate surface area is 143 Å². The van der Waals surface area contributed by atoms with Crippen LogP contribution in [0.2, 0.25) is 0 Å². The average molecular weight is 323 g/mol. The number of likely N-dealkylation sites (tertiary alicyclic amines) is 1. The molecule has 3 nitrogen and oxygen atoms in total. The van der Waals surface area contributed by atoms with E-state index >= 15 is 0 Å². The summed E-state index contributed by atoms with van der Waals surface area (Å²) < 4.78 is 0. The predicted molar refractivity (Wildman–Crippen MR) is 95.6 cm³/mol. The zero-order valence-corrected chi connectivity index (χ0v) is 14.4. The first-order valence-electron chi connectivity index (χ1n) is 8.66. The average Bonchev–Trinajstić information content (AvgIpc) is 3.07. The Balaban J connectivity index is 1.75. The minimum atomic E-state index is -0.737. The molecule has 3 rings (SSSR count). The third-order valence-corrected chi connectivity index (χ3v) is 4.92. The number of carbonyl (C=O) groups excluding carboxylic acids is 1. The number of amides is 1. The lowest BCUT2D eigenvalue weighted by molar-refractivity contribution is -0.134. The van der Waals surface area contributed by atoms with Crippen LogP contribution in [0, 0.1) is 13.8 Å². The molecule has 1 aliphatic heterocycles. The summed E-state index contributed by atoms with van der Waals surface area (Å²) in [6.45, 7) is 4.97. The number of hydrogen-bond donors (Lipinski definition) is 1. The lowest BCUT2D eigenvalue weighted by atomic mass is 9.97. The molecule has 0 radical (unpaired) electrons. The topological polar surface area (TPSA) is 40.5 Å². The highest BCUT2D eigenvalue weighted by Crippen LogP contribution is 2.35. The normalized spacial score (nSPS) is 18.6. The number of hydrogen-bond acceptors (Lipinski definition) is 2. The highest BCUT2D eigenvalue weighted by molar-refractivity contribution is 5.78. The van der Waals surface area contributed by atoms with E-state index in [1.165, 1.54) is 16.7 Å². The van der Waals surface area contributed by atoms with Crippen molar-refractivity contribution in [3.8, 4) is 0 Å². The molecule has 1 saturated heterocycles. The van der Waals surface area contributed by atoms with E-state index in [-0.39, 0.29) is 18.4 Å². The SMILES string of the molecule is Cc1ccc(C)c(C2CCCN2C(=O)CC(O)c2ccccc2)c1. The van der Waals surface area contributed by atoms with Gasteiger partial charge in [0.25, 0.3) is 0 Å². The van der Waals surface area contributed by atoms with E-state index in [0.29, 0.717) is 0 Å². The van der Waals surface area contributed by atoms with Crippen LogP contribution in [-0.2, 0) is 4.79 Å². The Kier molecular flexibility index (Phi) is 5.00. The molecule has 0 bridgehead atoms. The van der Waals surface area contributed by atoms with Gasteiger partial charge in [-0.1, -0.05) is 54.1 Å². The van der Waals surface area contributed by atoms with Crippen molar-refractivity contribution in [1.82, 2.24) is 4.90 Å². The van der Waals surface area contributed by atoms with Crippen LogP contribution < -0.4 is 0 Å². The number of aryl methyl sites for hydroxylation is 2. The molecule has 0 aliphatic carbocycles. The van der Waals surface area contributed by atoms with Gasteiger partial charge in [0.1, 0.15) is 0 Å². The molecule has 2 aromatic rings. The van der Waals surface area contributed by atoms with Gasteiger partial charge in [0.2, 0.25) is 5.91 Å². The lowest BCUT2D eigenvalue weighted by Crippen LogP contribution is -2.32. The van der Waals surface area contributed by atoms with Gasteiger partial charge in [-0.25, -0.2) is 0 Å². The molecular formula is C21H25NO2. The van der Waals surface area contributed by atoms with Crippen molar-refractivity contribution in [2.24, 2.45) is 0 Å². The van der Waals surface area contributed by atoms with Gasteiger partial charge in [0.15, 0.2) is 0 Å². The van der Waals surface area contributed by atoms with Gasteiger partial charge in [-0.2, -0.15) is 0 Å². The minimum absolute atomic E-state index is 0.0368. The maximum absolute atomic E-state index is 12.8. The van der Waals surface area contributed by atoms with Crippen LogP contribution in [0.15, 0.2) is 48.5 Å². The van der Waals surface area contributed by atoms with E-state index in [9.17, 15) is 9.90 Å². The van der Waals surface area contributed by atoms with Crippen molar-refractivity contribution < 1.29 is 9.90 Å². The van der Waals surface area contributed by atoms with Crippen molar-refractivity contribution in [1.29, 1.82) is 0 Å². The molecule has 1 fully saturated rings. The molecule has 1 aliphatic rings. The Morgan fingerprint density at radius 3 is 2.71 bits per heavy atom. The Morgan fingerprint density at radius 1 is 1.21 bits per heavy atom. The molecule has 2 atom stereocenters. The fourth-order valence-electron chi connectivity index (χ4n) is 3.58. The van der Waals surface area contributed by atoms with Gasteiger partial charge in [0, 0.05) is 6.54 Å². The first-order valence-corrected chi connectivity index (χ1v) is 8.66. The van der Waals surface area contributed by atoms with E-state index in [1.807, 2.05) is 35.2 Å². The van der Waals surface area contributed by atoms with Crippen LogP contribution in [-0.4, -0.2) is 22.5 Å². The minimum Gasteiger partial charge on any atom is -0.388 e. The van der Waals surface area contributed by atoms with E-state index in [0.717, 1.165) is 24.9 Å². The number of carbonyl (C=O) groups is 1. The van der Waals surface area contributed by atoms with Crippen LogP contribution in [0.3, 0.4) is 0 Å². The molecule has 0 aromatic heterocycles. The fraction of sp³-hybridized carbons (Fsp3) is 0.381. The van der Waals surface area contributed by atoms with Crippen LogP contribution in [0.1, 0.15) is 53.7 Å². The van der Waals surface area contributed by atoms with E-state index in [4.69, 9.17) is 0 Å². The smallest absolute Gasteiger partial charge is 0.226 e. The van der Waals surface area contributed by atoms with Gasteiger partial charge < -0.3 is 10.0 Å².